The molecule has 2 heterocycles. The Morgan fingerprint density at radius 3 is 2.67 bits per heavy atom. The summed E-state index contributed by atoms with van der Waals surface area (Å²) in [6, 6.07) is 5.24. The summed E-state index contributed by atoms with van der Waals surface area (Å²) in [6.45, 7) is 1.63. The standard InChI is InChI=1S/C11H10O4/c12-11(10-6-15-10)7-1-2-8-9(5-7)14-4-3-13-8/h1-2,5,10H,3-4,6H2. The van der Waals surface area contributed by atoms with Crippen LogP contribution in [0.5, 0.6) is 11.5 Å². The fourth-order valence-electron chi connectivity index (χ4n) is 1.58. The van der Waals surface area contributed by atoms with Gasteiger partial charge < -0.3 is 14.2 Å². The number of benzene rings is 1. The molecule has 3 rings (SSSR count). The van der Waals surface area contributed by atoms with Crippen LogP contribution >= 0.6 is 0 Å². The van der Waals surface area contributed by atoms with Gasteiger partial charge in [-0.15, -0.1) is 0 Å². The smallest absolute Gasteiger partial charge is 0.194 e. The molecule has 1 aromatic carbocycles. The molecule has 2 aliphatic rings. The van der Waals surface area contributed by atoms with Gasteiger partial charge in [-0.25, -0.2) is 0 Å². The summed E-state index contributed by atoms with van der Waals surface area (Å²) in [5, 5.41) is 0. The molecule has 1 unspecified atom stereocenters. The van der Waals surface area contributed by atoms with Crippen LogP contribution in [0, 0.1) is 0 Å². The van der Waals surface area contributed by atoms with Crippen molar-refractivity contribution in [1.29, 1.82) is 0 Å². The third-order valence-electron chi connectivity index (χ3n) is 2.45. The van der Waals surface area contributed by atoms with Crippen LogP contribution in [0.25, 0.3) is 0 Å². The van der Waals surface area contributed by atoms with Crippen LogP contribution < -0.4 is 9.47 Å². The van der Waals surface area contributed by atoms with Crippen molar-refractivity contribution in [2.75, 3.05) is 19.8 Å². The molecular weight excluding hydrogens is 196 g/mol. The number of ether oxygens (including phenoxy) is 3. The van der Waals surface area contributed by atoms with Crippen LogP contribution in [0.1, 0.15) is 10.4 Å². The maximum absolute atomic E-state index is 11.7. The van der Waals surface area contributed by atoms with Crippen LogP contribution in [0.3, 0.4) is 0 Å². The van der Waals surface area contributed by atoms with Gasteiger partial charge in [0, 0.05) is 5.56 Å². The number of Topliss-reactive ketones (excluding diaryl/α,β-unsaturated/α-hetero) is 1. The van der Waals surface area contributed by atoms with Crippen LogP contribution in [-0.2, 0) is 4.74 Å². The number of fused-ring (bicyclic) bond motifs is 1. The number of hydrogen-bond donors (Lipinski definition) is 0. The maximum Gasteiger partial charge on any atom is 0.194 e. The molecule has 4 heteroatoms. The Kier molecular flexibility index (Phi) is 1.89. The first kappa shape index (κ1) is 8.73. The van der Waals surface area contributed by atoms with Gasteiger partial charge in [0.05, 0.1) is 6.61 Å². The lowest BCUT2D eigenvalue weighted by Crippen LogP contribution is -2.16. The highest BCUT2D eigenvalue weighted by atomic mass is 16.6. The van der Waals surface area contributed by atoms with Gasteiger partial charge in [0.2, 0.25) is 0 Å². The van der Waals surface area contributed by atoms with Gasteiger partial charge in [-0.05, 0) is 18.2 Å². The summed E-state index contributed by atoms with van der Waals surface area (Å²) in [6.07, 6.45) is -0.243. The summed E-state index contributed by atoms with van der Waals surface area (Å²) < 4.78 is 15.7. The van der Waals surface area contributed by atoms with E-state index in [-0.39, 0.29) is 11.9 Å². The Morgan fingerprint density at radius 2 is 1.93 bits per heavy atom. The maximum atomic E-state index is 11.7. The summed E-state index contributed by atoms with van der Waals surface area (Å²) in [4.78, 5) is 11.7. The zero-order valence-electron chi connectivity index (χ0n) is 8.06. The second-order valence-electron chi connectivity index (χ2n) is 3.54. The molecule has 0 amide bonds. The van der Waals surface area contributed by atoms with Crippen LogP contribution in [-0.4, -0.2) is 31.7 Å². The van der Waals surface area contributed by atoms with E-state index in [1.165, 1.54) is 0 Å². The highest BCUT2D eigenvalue weighted by molar-refractivity contribution is 6.01. The largest absolute Gasteiger partial charge is 0.486 e. The van der Waals surface area contributed by atoms with Gasteiger partial charge in [0.1, 0.15) is 19.3 Å². The number of carbonyl (C=O) groups is 1. The van der Waals surface area contributed by atoms with E-state index in [0.717, 1.165) is 0 Å². The molecule has 0 aliphatic carbocycles. The second-order valence-corrected chi connectivity index (χ2v) is 3.54. The van der Waals surface area contributed by atoms with Crippen molar-refractivity contribution >= 4 is 5.78 Å². The third-order valence-corrected chi connectivity index (χ3v) is 2.45. The van der Waals surface area contributed by atoms with E-state index >= 15 is 0 Å². The van der Waals surface area contributed by atoms with Crippen molar-refractivity contribution < 1.29 is 19.0 Å². The molecule has 0 bridgehead atoms. The Labute approximate surface area is 86.7 Å². The first-order valence-corrected chi connectivity index (χ1v) is 4.90. The highest BCUT2D eigenvalue weighted by Gasteiger charge is 2.32. The minimum Gasteiger partial charge on any atom is -0.486 e. The van der Waals surface area contributed by atoms with E-state index in [2.05, 4.69) is 0 Å². The molecule has 15 heavy (non-hydrogen) atoms. The first-order chi connectivity index (χ1) is 7.34. The first-order valence-electron chi connectivity index (χ1n) is 4.90. The molecule has 1 fully saturated rings. The molecule has 78 valence electrons. The summed E-state index contributed by atoms with van der Waals surface area (Å²) in [5.41, 5.74) is 0.627. The molecule has 0 N–H and O–H groups in total. The number of epoxide rings is 1. The quantitative estimate of drug-likeness (QED) is 0.535. The monoisotopic (exact) mass is 206 g/mol. The van der Waals surface area contributed by atoms with Crippen LogP contribution in [0.4, 0.5) is 0 Å². The van der Waals surface area contributed by atoms with Gasteiger partial charge in [-0.2, -0.15) is 0 Å². The van der Waals surface area contributed by atoms with Gasteiger partial charge in [0.25, 0.3) is 0 Å². The lowest BCUT2D eigenvalue weighted by Gasteiger charge is -2.18. The van der Waals surface area contributed by atoms with E-state index in [1.807, 2.05) is 0 Å². The van der Waals surface area contributed by atoms with E-state index in [0.29, 0.717) is 36.9 Å². The van der Waals surface area contributed by atoms with Crippen molar-refractivity contribution in [2.24, 2.45) is 0 Å². The normalized spacial score (nSPS) is 22.3. The average molecular weight is 206 g/mol. The molecule has 2 aliphatic heterocycles. The zero-order chi connectivity index (χ0) is 10.3. The number of carbonyl (C=O) groups excluding carboxylic acids is 1. The summed E-state index contributed by atoms with van der Waals surface area (Å²) in [7, 11) is 0. The Hall–Kier alpha value is -1.55. The minimum atomic E-state index is -0.243. The van der Waals surface area contributed by atoms with Crippen molar-refractivity contribution in [2.45, 2.75) is 6.10 Å². The average Bonchev–Trinajstić information content (AvgIpc) is 3.11. The van der Waals surface area contributed by atoms with Gasteiger partial charge in [-0.1, -0.05) is 0 Å². The lowest BCUT2D eigenvalue weighted by atomic mass is 10.1. The highest BCUT2D eigenvalue weighted by Crippen LogP contribution is 2.31. The summed E-state index contributed by atoms with van der Waals surface area (Å²) >= 11 is 0. The predicted octanol–water partition coefficient (Wildman–Crippen LogP) is 1.04. The SMILES string of the molecule is O=C(c1ccc2c(c1)OCCO2)C1CO1. The molecule has 0 aromatic heterocycles. The predicted molar refractivity (Wildman–Crippen MR) is 51.5 cm³/mol. The van der Waals surface area contributed by atoms with Crippen molar-refractivity contribution in [3.63, 3.8) is 0 Å². The molecule has 1 saturated heterocycles. The number of hydrogen-bond acceptors (Lipinski definition) is 4. The Balaban J connectivity index is 1.92. The van der Waals surface area contributed by atoms with E-state index in [9.17, 15) is 4.79 Å². The van der Waals surface area contributed by atoms with E-state index in [4.69, 9.17) is 14.2 Å². The van der Waals surface area contributed by atoms with Crippen LogP contribution in [0.15, 0.2) is 18.2 Å². The molecule has 4 nitrogen and oxygen atoms in total. The fraction of sp³-hybridized carbons (Fsp3) is 0.364. The minimum absolute atomic E-state index is 0.0203. The number of rotatable bonds is 2. The van der Waals surface area contributed by atoms with Crippen molar-refractivity contribution in [1.82, 2.24) is 0 Å². The fourth-order valence-corrected chi connectivity index (χ4v) is 1.58. The molecule has 1 atom stereocenters. The molecule has 0 saturated carbocycles. The molecule has 1 aromatic rings. The summed E-state index contributed by atoms with van der Waals surface area (Å²) in [5.74, 6) is 1.37. The van der Waals surface area contributed by atoms with Crippen molar-refractivity contribution in [3.05, 3.63) is 23.8 Å². The van der Waals surface area contributed by atoms with Crippen molar-refractivity contribution in [3.8, 4) is 11.5 Å². The van der Waals surface area contributed by atoms with Gasteiger partial charge >= 0.3 is 0 Å². The van der Waals surface area contributed by atoms with Gasteiger partial charge in [-0.3, -0.25) is 4.79 Å². The Bertz CT molecular complexity index is 409. The van der Waals surface area contributed by atoms with E-state index in [1.54, 1.807) is 18.2 Å². The molecular formula is C11H10O4. The van der Waals surface area contributed by atoms with E-state index < -0.39 is 0 Å². The number of ketones is 1. The second kappa shape index (κ2) is 3.24. The lowest BCUT2D eigenvalue weighted by molar-refractivity contribution is 0.0952. The van der Waals surface area contributed by atoms with Gasteiger partial charge in [0.15, 0.2) is 17.3 Å². The van der Waals surface area contributed by atoms with Crippen LogP contribution in [0.2, 0.25) is 0 Å². The Morgan fingerprint density at radius 1 is 1.20 bits per heavy atom. The zero-order valence-corrected chi connectivity index (χ0v) is 8.06. The topological polar surface area (TPSA) is 48.1 Å². The molecule has 0 spiro atoms. The molecule has 0 radical (unpaired) electrons. The third kappa shape index (κ3) is 1.57.